The van der Waals surface area contributed by atoms with E-state index in [1.165, 1.54) is 11.0 Å². The van der Waals surface area contributed by atoms with Crippen molar-refractivity contribution in [2.75, 3.05) is 0 Å². The van der Waals surface area contributed by atoms with E-state index in [0.29, 0.717) is 28.7 Å². The number of likely N-dealkylation sites (tertiary alicyclic amines) is 1. The molecular formula is C28H29NO5. The van der Waals surface area contributed by atoms with Crippen LogP contribution in [0.5, 0.6) is 5.75 Å². The van der Waals surface area contributed by atoms with Crippen molar-refractivity contribution < 1.29 is 24.3 Å². The molecule has 1 saturated heterocycles. The topological polar surface area (TPSA) is 91.8 Å². The number of imide groups is 1. The van der Waals surface area contributed by atoms with E-state index in [0.717, 1.165) is 11.1 Å². The zero-order valence-electron chi connectivity index (χ0n) is 20.1. The fraction of sp³-hybridized carbons (Fsp3) is 0.429. The van der Waals surface area contributed by atoms with Crippen LogP contribution in [0.25, 0.3) is 0 Å². The number of nitrogens with zero attached hydrogens (tertiary/aromatic N) is 1. The van der Waals surface area contributed by atoms with E-state index in [1.54, 1.807) is 26.0 Å². The number of hydrogen-bond acceptors (Lipinski definition) is 5. The molecule has 6 heteroatoms. The maximum Gasteiger partial charge on any atom is 0.234 e. The Labute approximate surface area is 199 Å². The molecule has 1 heterocycles. The summed E-state index contributed by atoms with van der Waals surface area (Å²) in [5, 5.41) is 10.1. The Morgan fingerprint density at radius 3 is 2.35 bits per heavy atom. The van der Waals surface area contributed by atoms with Crippen LogP contribution in [0, 0.1) is 24.7 Å². The molecule has 5 rings (SSSR count). The fourth-order valence-corrected chi connectivity index (χ4v) is 6.26. The lowest BCUT2D eigenvalue weighted by Crippen LogP contribution is -2.46. The van der Waals surface area contributed by atoms with Gasteiger partial charge in [0.25, 0.3) is 0 Å². The maximum absolute atomic E-state index is 13.6. The van der Waals surface area contributed by atoms with E-state index in [-0.39, 0.29) is 41.5 Å². The summed E-state index contributed by atoms with van der Waals surface area (Å²) in [6, 6.07) is 5.22. The number of phenolic OH excluding ortho intramolecular Hbond substituents is 1. The van der Waals surface area contributed by atoms with Crippen molar-refractivity contribution in [3.8, 4) is 5.75 Å². The van der Waals surface area contributed by atoms with Crippen LogP contribution in [0.2, 0.25) is 0 Å². The summed E-state index contributed by atoms with van der Waals surface area (Å²) < 4.78 is 0. The van der Waals surface area contributed by atoms with Gasteiger partial charge in [-0.05, 0) is 76.6 Å². The summed E-state index contributed by atoms with van der Waals surface area (Å²) >= 11 is 0. The SMILES string of the molecule is CC1=CC(=O)C2=C(C1=O)C(c1ccc(O)c(C)c1)C1=CCC3C(=O)N(C(C)(C)C)C(=O)C3C1C2. The number of carbonyl (C=O) groups excluding carboxylic acids is 4. The maximum atomic E-state index is 13.6. The first-order valence-corrected chi connectivity index (χ1v) is 11.8. The summed E-state index contributed by atoms with van der Waals surface area (Å²) in [5.74, 6) is -2.35. The Balaban J connectivity index is 1.69. The Hall–Kier alpha value is -3.28. The van der Waals surface area contributed by atoms with Gasteiger partial charge in [-0.2, -0.15) is 0 Å². The number of fused-ring (bicyclic) bond motifs is 3. The third kappa shape index (κ3) is 3.07. The lowest BCUT2D eigenvalue weighted by molar-refractivity contribution is -0.145. The summed E-state index contributed by atoms with van der Waals surface area (Å²) in [5.41, 5.74) is 3.10. The largest absolute Gasteiger partial charge is 0.508 e. The molecular weight excluding hydrogens is 430 g/mol. The van der Waals surface area contributed by atoms with Crippen molar-refractivity contribution >= 4 is 23.4 Å². The molecule has 1 N–H and O–H groups in total. The summed E-state index contributed by atoms with van der Waals surface area (Å²) in [7, 11) is 0. The molecule has 0 aromatic heterocycles. The van der Waals surface area contributed by atoms with Gasteiger partial charge in [0.05, 0.1) is 11.8 Å². The lowest BCUT2D eigenvalue weighted by atomic mass is 9.59. The van der Waals surface area contributed by atoms with Gasteiger partial charge in [-0.15, -0.1) is 0 Å². The summed E-state index contributed by atoms with van der Waals surface area (Å²) in [6.07, 6.45) is 4.12. The quantitative estimate of drug-likeness (QED) is 0.390. The number of ketones is 2. The number of Topliss-reactive ketones (excluding diaryl/α,β-unsaturated/α-hetero) is 1. The molecule has 1 fully saturated rings. The van der Waals surface area contributed by atoms with E-state index < -0.39 is 23.3 Å². The first-order valence-electron chi connectivity index (χ1n) is 11.8. The van der Waals surface area contributed by atoms with Gasteiger partial charge >= 0.3 is 0 Å². The van der Waals surface area contributed by atoms with Crippen molar-refractivity contribution in [3.05, 3.63) is 63.8 Å². The lowest BCUT2D eigenvalue weighted by Gasteiger charge is -2.42. The number of aromatic hydroxyl groups is 1. The zero-order valence-corrected chi connectivity index (χ0v) is 20.1. The number of rotatable bonds is 1. The minimum atomic E-state index is -0.630. The smallest absolute Gasteiger partial charge is 0.234 e. The predicted octanol–water partition coefficient (Wildman–Crippen LogP) is 3.93. The number of hydrogen-bond donors (Lipinski definition) is 1. The van der Waals surface area contributed by atoms with Gasteiger partial charge < -0.3 is 5.11 Å². The molecule has 1 aromatic rings. The molecule has 34 heavy (non-hydrogen) atoms. The van der Waals surface area contributed by atoms with E-state index in [4.69, 9.17) is 0 Å². The molecule has 4 aliphatic rings. The molecule has 0 spiro atoms. The standard InChI is InChI=1S/C28H29NO5/c1-13-10-15(6-9-20(13)30)22-16-7-8-17-23(27(34)29(26(17)33)28(3,4)5)18(16)12-19-21(31)11-14(2)25(32)24(19)22/h6-7,9-11,17-18,22-23,30H,8,12H2,1-5H3. The Bertz CT molecular complexity index is 1270. The van der Waals surface area contributed by atoms with E-state index in [2.05, 4.69) is 0 Å². The molecule has 6 nitrogen and oxygen atoms in total. The molecule has 0 radical (unpaired) electrons. The molecule has 4 unspecified atom stereocenters. The predicted molar refractivity (Wildman–Crippen MR) is 126 cm³/mol. The molecule has 3 aliphatic carbocycles. The molecule has 4 atom stereocenters. The molecule has 2 amide bonds. The second kappa shape index (κ2) is 7.36. The van der Waals surface area contributed by atoms with Crippen LogP contribution >= 0.6 is 0 Å². The summed E-state index contributed by atoms with van der Waals surface area (Å²) in [6.45, 7) is 9.01. The molecule has 0 bridgehead atoms. The first-order chi connectivity index (χ1) is 15.9. The third-order valence-corrected chi connectivity index (χ3v) is 7.79. The summed E-state index contributed by atoms with van der Waals surface area (Å²) in [4.78, 5) is 54.7. The Kier molecular flexibility index (Phi) is 4.87. The molecule has 176 valence electrons. The van der Waals surface area contributed by atoms with E-state index in [1.807, 2.05) is 32.9 Å². The minimum Gasteiger partial charge on any atom is -0.508 e. The normalized spacial score (nSPS) is 29.0. The van der Waals surface area contributed by atoms with Crippen LogP contribution in [-0.2, 0) is 19.2 Å². The van der Waals surface area contributed by atoms with Crippen LogP contribution in [0.15, 0.2) is 52.6 Å². The van der Waals surface area contributed by atoms with Crippen LogP contribution < -0.4 is 0 Å². The highest BCUT2D eigenvalue weighted by atomic mass is 16.3. The number of benzene rings is 1. The number of phenols is 1. The second-order valence-corrected chi connectivity index (χ2v) is 11.0. The van der Waals surface area contributed by atoms with Crippen molar-refractivity contribution in [1.82, 2.24) is 4.90 Å². The van der Waals surface area contributed by atoms with Crippen molar-refractivity contribution in [1.29, 1.82) is 0 Å². The van der Waals surface area contributed by atoms with Gasteiger partial charge in [0.2, 0.25) is 11.8 Å². The average Bonchev–Trinajstić information content (AvgIpc) is 3.03. The third-order valence-electron chi connectivity index (χ3n) is 7.79. The number of amides is 2. The van der Waals surface area contributed by atoms with Gasteiger partial charge in [0.15, 0.2) is 11.6 Å². The van der Waals surface area contributed by atoms with Crippen molar-refractivity contribution in [2.24, 2.45) is 17.8 Å². The first kappa shape index (κ1) is 22.5. The molecule has 1 aliphatic heterocycles. The number of allylic oxidation sites excluding steroid dienone is 6. The highest BCUT2D eigenvalue weighted by Crippen LogP contribution is 2.55. The van der Waals surface area contributed by atoms with E-state index in [9.17, 15) is 24.3 Å². The van der Waals surface area contributed by atoms with Gasteiger partial charge in [-0.1, -0.05) is 23.8 Å². The fourth-order valence-electron chi connectivity index (χ4n) is 6.26. The van der Waals surface area contributed by atoms with Crippen LogP contribution in [0.1, 0.15) is 57.6 Å². The number of aryl methyl sites for hydroxylation is 1. The number of carbonyl (C=O) groups is 4. The van der Waals surface area contributed by atoms with Crippen molar-refractivity contribution in [2.45, 2.75) is 58.9 Å². The zero-order chi connectivity index (χ0) is 24.7. The van der Waals surface area contributed by atoms with Gasteiger partial charge in [0, 0.05) is 28.2 Å². The van der Waals surface area contributed by atoms with Gasteiger partial charge in [-0.25, -0.2) is 0 Å². The second-order valence-electron chi connectivity index (χ2n) is 11.0. The molecule has 0 saturated carbocycles. The van der Waals surface area contributed by atoms with Gasteiger partial charge in [0.1, 0.15) is 5.75 Å². The highest BCUT2D eigenvalue weighted by molar-refractivity contribution is 6.23. The van der Waals surface area contributed by atoms with Crippen LogP contribution in [-0.4, -0.2) is 38.9 Å². The highest BCUT2D eigenvalue weighted by Gasteiger charge is 2.58. The van der Waals surface area contributed by atoms with E-state index >= 15 is 0 Å². The van der Waals surface area contributed by atoms with Crippen molar-refractivity contribution in [3.63, 3.8) is 0 Å². The minimum absolute atomic E-state index is 0.155. The Morgan fingerprint density at radius 2 is 1.71 bits per heavy atom. The Morgan fingerprint density at radius 1 is 1.00 bits per heavy atom. The van der Waals surface area contributed by atoms with Crippen LogP contribution in [0.3, 0.4) is 0 Å². The molecule has 1 aromatic carbocycles. The monoisotopic (exact) mass is 459 g/mol. The van der Waals surface area contributed by atoms with Gasteiger partial charge in [-0.3, -0.25) is 24.1 Å². The average molecular weight is 460 g/mol. The van der Waals surface area contributed by atoms with Crippen LogP contribution in [0.4, 0.5) is 0 Å².